The number of rotatable bonds is 6. The Morgan fingerprint density at radius 3 is 2.17 bits per heavy atom. The molecule has 0 aliphatic heterocycles. The van der Waals surface area contributed by atoms with E-state index in [1.165, 1.54) is 5.57 Å². The summed E-state index contributed by atoms with van der Waals surface area (Å²) in [7, 11) is 0. The summed E-state index contributed by atoms with van der Waals surface area (Å²) < 4.78 is 0. The zero-order valence-electron chi connectivity index (χ0n) is 7.92. The minimum atomic E-state index is 0.958. The zero-order valence-corrected chi connectivity index (χ0v) is 7.92. The molecule has 0 aliphatic carbocycles. The molecule has 0 fully saturated rings. The normalized spacial score (nSPS) is 9.75. The van der Waals surface area contributed by atoms with Gasteiger partial charge < -0.3 is 0 Å². The van der Waals surface area contributed by atoms with E-state index in [0.29, 0.717) is 0 Å². The summed E-state index contributed by atoms with van der Waals surface area (Å²) in [6.07, 6.45) is 13.2. The van der Waals surface area contributed by atoms with Crippen LogP contribution in [-0.2, 0) is 0 Å². The van der Waals surface area contributed by atoms with E-state index in [1.54, 1.807) is 0 Å². The SMILES string of the molecule is C=CCC(=CC=CCC)CC=C. The van der Waals surface area contributed by atoms with Crippen molar-refractivity contribution in [2.45, 2.75) is 26.2 Å². The lowest BCUT2D eigenvalue weighted by atomic mass is 10.1. The second-order valence-electron chi connectivity index (χ2n) is 2.65. The molecule has 0 unspecified atom stereocenters. The summed E-state index contributed by atoms with van der Waals surface area (Å²) >= 11 is 0. The first-order chi connectivity index (χ1) is 5.85. The van der Waals surface area contributed by atoms with E-state index in [0.717, 1.165) is 19.3 Å². The topological polar surface area (TPSA) is 0 Å². The molecule has 0 aromatic heterocycles. The molecule has 0 spiro atoms. The van der Waals surface area contributed by atoms with Gasteiger partial charge in [-0.1, -0.05) is 42.9 Å². The van der Waals surface area contributed by atoms with Crippen LogP contribution < -0.4 is 0 Å². The Bertz CT molecular complexity index is 170. The molecule has 0 aromatic carbocycles. The molecule has 0 aromatic rings. The van der Waals surface area contributed by atoms with Gasteiger partial charge in [-0.05, 0) is 19.3 Å². The lowest BCUT2D eigenvalue weighted by Gasteiger charge is -1.97. The lowest BCUT2D eigenvalue weighted by Crippen LogP contribution is -1.77. The Balaban J connectivity index is 4.05. The van der Waals surface area contributed by atoms with Crippen LogP contribution in [0.5, 0.6) is 0 Å². The molecule has 0 amide bonds. The summed E-state index contributed by atoms with van der Waals surface area (Å²) in [6.45, 7) is 9.55. The smallest absolute Gasteiger partial charge is 0.0135 e. The summed E-state index contributed by atoms with van der Waals surface area (Å²) in [5.41, 5.74) is 1.37. The molecule has 0 N–H and O–H groups in total. The maximum atomic E-state index is 3.71. The van der Waals surface area contributed by atoms with Crippen molar-refractivity contribution < 1.29 is 0 Å². The van der Waals surface area contributed by atoms with Crippen LogP contribution in [0.15, 0.2) is 49.1 Å². The number of hydrogen-bond acceptors (Lipinski definition) is 0. The minimum absolute atomic E-state index is 0.958. The van der Waals surface area contributed by atoms with Gasteiger partial charge in [-0.15, -0.1) is 13.2 Å². The lowest BCUT2D eigenvalue weighted by molar-refractivity contribution is 1.11. The quantitative estimate of drug-likeness (QED) is 0.408. The van der Waals surface area contributed by atoms with Gasteiger partial charge in [0.25, 0.3) is 0 Å². The van der Waals surface area contributed by atoms with Crippen molar-refractivity contribution in [1.82, 2.24) is 0 Å². The van der Waals surface area contributed by atoms with E-state index < -0.39 is 0 Å². The molecule has 66 valence electrons. The summed E-state index contributed by atoms with van der Waals surface area (Å²) in [4.78, 5) is 0. The first-order valence-corrected chi connectivity index (χ1v) is 4.41. The van der Waals surface area contributed by atoms with Gasteiger partial charge in [-0.2, -0.15) is 0 Å². The highest BCUT2D eigenvalue weighted by Crippen LogP contribution is 2.08. The van der Waals surface area contributed by atoms with E-state index in [4.69, 9.17) is 0 Å². The Kier molecular flexibility index (Phi) is 7.36. The molecule has 0 nitrogen and oxygen atoms in total. The van der Waals surface area contributed by atoms with Crippen molar-refractivity contribution in [3.8, 4) is 0 Å². The number of allylic oxidation sites excluding steroid dienone is 6. The molecule has 0 saturated heterocycles. The van der Waals surface area contributed by atoms with Gasteiger partial charge in [-0.25, -0.2) is 0 Å². The predicted octanol–water partition coefficient (Wildman–Crippen LogP) is 4.03. The fraction of sp³-hybridized carbons (Fsp3) is 0.333. The molecular weight excluding hydrogens is 144 g/mol. The van der Waals surface area contributed by atoms with E-state index in [-0.39, 0.29) is 0 Å². The van der Waals surface area contributed by atoms with Gasteiger partial charge in [0.2, 0.25) is 0 Å². The maximum absolute atomic E-state index is 3.71. The van der Waals surface area contributed by atoms with Crippen LogP contribution >= 0.6 is 0 Å². The van der Waals surface area contributed by atoms with Crippen molar-refractivity contribution in [2.75, 3.05) is 0 Å². The van der Waals surface area contributed by atoms with Crippen molar-refractivity contribution in [2.24, 2.45) is 0 Å². The van der Waals surface area contributed by atoms with Crippen molar-refractivity contribution in [3.63, 3.8) is 0 Å². The average Bonchev–Trinajstić information content (AvgIpc) is 2.06. The van der Waals surface area contributed by atoms with Crippen molar-refractivity contribution in [1.29, 1.82) is 0 Å². The monoisotopic (exact) mass is 162 g/mol. The first kappa shape index (κ1) is 11.0. The first-order valence-electron chi connectivity index (χ1n) is 4.41. The van der Waals surface area contributed by atoms with Gasteiger partial charge in [0.1, 0.15) is 0 Å². The predicted molar refractivity (Wildman–Crippen MR) is 57.1 cm³/mol. The van der Waals surface area contributed by atoms with Gasteiger partial charge in [0.05, 0.1) is 0 Å². The van der Waals surface area contributed by atoms with Crippen LogP contribution in [0.25, 0.3) is 0 Å². The molecule has 12 heavy (non-hydrogen) atoms. The average molecular weight is 162 g/mol. The Hall–Kier alpha value is -1.04. The van der Waals surface area contributed by atoms with Gasteiger partial charge in [0, 0.05) is 0 Å². The van der Waals surface area contributed by atoms with Gasteiger partial charge >= 0.3 is 0 Å². The molecule has 0 saturated carbocycles. The van der Waals surface area contributed by atoms with Crippen LogP contribution in [0, 0.1) is 0 Å². The van der Waals surface area contributed by atoms with Crippen molar-refractivity contribution >= 4 is 0 Å². The zero-order chi connectivity index (χ0) is 9.23. The van der Waals surface area contributed by atoms with Crippen LogP contribution in [-0.4, -0.2) is 0 Å². The Morgan fingerprint density at radius 2 is 1.75 bits per heavy atom. The standard InChI is InChI=1S/C12H18/c1-4-7-8-11-12(9-5-2)10-6-3/h5-8,11H,2-4,9-10H2,1H3. The highest BCUT2D eigenvalue weighted by Gasteiger charge is 1.88. The second-order valence-corrected chi connectivity index (χ2v) is 2.65. The van der Waals surface area contributed by atoms with Crippen LogP contribution in [0.1, 0.15) is 26.2 Å². The fourth-order valence-electron chi connectivity index (χ4n) is 0.930. The molecular formula is C12H18. The van der Waals surface area contributed by atoms with Gasteiger partial charge in [-0.3, -0.25) is 0 Å². The molecule has 0 rings (SSSR count). The van der Waals surface area contributed by atoms with E-state index in [1.807, 2.05) is 12.2 Å². The molecule has 0 heterocycles. The van der Waals surface area contributed by atoms with Crippen LogP contribution in [0.2, 0.25) is 0 Å². The summed E-state index contributed by atoms with van der Waals surface area (Å²) in [5, 5.41) is 0. The summed E-state index contributed by atoms with van der Waals surface area (Å²) in [5.74, 6) is 0. The van der Waals surface area contributed by atoms with Crippen LogP contribution in [0.3, 0.4) is 0 Å². The fourth-order valence-corrected chi connectivity index (χ4v) is 0.930. The second kappa shape index (κ2) is 8.06. The Morgan fingerprint density at radius 1 is 1.17 bits per heavy atom. The number of hydrogen-bond donors (Lipinski definition) is 0. The maximum Gasteiger partial charge on any atom is -0.0135 e. The molecule has 0 atom stereocenters. The summed E-state index contributed by atoms with van der Waals surface area (Å²) in [6, 6.07) is 0. The molecule has 0 aliphatic rings. The molecule has 0 radical (unpaired) electrons. The van der Waals surface area contributed by atoms with E-state index in [2.05, 4.69) is 38.3 Å². The highest BCUT2D eigenvalue weighted by molar-refractivity contribution is 5.16. The molecule has 0 bridgehead atoms. The minimum Gasteiger partial charge on any atom is -0.103 e. The largest absolute Gasteiger partial charge is 0.103 e. The third-order valence-electron chi connectivity index (χ3n) is 1.52. The van der Waals surface area contributed by atoms with Crippen molar-refractivity contribution in [3.05, 3.63) is 49.1 Å². The van der Waals surface area contributed by atoms with Crippen LogP contribution in [0.4, 0.5) is 0 Å². The Labute approximate surface area is 76.0 Å². The van der Waals surface area contributed by atoms with Gasteiger partial charge in [0.15, 0.2) is 0 Å². The van der Waals surface area contributed by atoms with E-state index >= 15 is 0 Å². The molecule has 0 heteroatoms. The third-order valence-corrected chi connectivity index (χ3v) is 1.52. The third kappa shape index (κ3) is 5.72. The highest BCUT2D eigenvalue weighted by atomic mass is 13.9. The van der Waals surface area contributed by atoms with E-state index in [9.17, 15) is 0 Å².